The smallest absolute Gasteiger partial charge is 0.387 e. The quantitative estimate of drug-likeness (QED) is 0.793. The molecule has 122 valence electrons. The van der Waals surface area contributed by atoms with Gasteiger partial charge < -0.3 is 15.7 Å². The van der Waals surface area contributed by atoms with Gasteiger partial charge in [0.2, 0.25) is 0 Å². The van der Waals surface area contributed by atoms with E-state index in [9.17, 15) is 23.1 Å². The lowest BCUT2D eigenvalue weighted by Gasteiger charge is -2.21. The normalized spacial score (nSPS) is 21.6. The molecule has 1 unspecified atom stereocenters. The molecular weight excluding hydrogens is 317 g/mol. The van der Waals surface area contributed by atoms with Gasteiger partial charge in [-0.25, -0.2) is 4.79 Å². The van der Waals surface area contributed by atoms with E-state index >= 15 is 0 Å². The number of carbonyl (C=O) groups is 1. The van der Waals surface area contributed by atoms with Crippen LogP contribution in [0.5, 0.6) is 0 Å². The first-order chi connectivity index (χ1) is 10.3. The molecule has 1 aliphatic rings. The van der Waals surface area contributed by atoms with Crippen LogP contribution in [0, 0.1) is 0 Å². The van der Waals surface area contributed by atoms with E-state index in [-0.39, 0.29) is 17.8 Å². The Morgan fingerprint density at radius 2 is 2.18 bits per heavy atom. The zero-order valence-corrected chi connectivity index (χ0v) is 12.6. The van der Waals surface area contributed by atoms with Crippen molar-refractivity contribution in [3.05, 3.63) is 29.8 Å². The molecule has 1 fully saturated rings. The van der Waals surface area contributed by atoms with Gasteiger partial charge in [0, 0.05) is 18.0 Å². The summed E-state index contributed by atoms with van der Waals surface area (Å²) < 4.78 is 37.0. The Labute approximate surface area is 130 Å². The SMILES string of the molecule is O=C(NCC1(O)CCSC1)Nc1cccc(CC(F)(F)F)c1. The highest BCUT2D eigenvalue weighted by atomic mass is 32.2. The molecule has 1 heterocycles. The predicted molar refractivity (Wildman–Crippen MR) is 80.1 cm³/mol. The summed E-state index contributed by atoms with van der Waals surface area (Å²) in [4.78, 5) is 11.7. The van der Waals surface area contributed by atoms with Gasteiger partial charge >= 0.3 is 12.2 Å². The molecule has 0 radical (unpaired) electrons. The van der Waals surface area contributed by atoms with Crippen LogP contribution in [-0.2, 0) is 6.42 Å². The molecule has 4 nitrogen and oxygen atoms in total. The van der Waals surface area contributed by atoms with Crippen LogP contribution in [0.15, 0.2) is 24.3 Å². The van der Waals surface area contributed by atoms with Crippen molar-refractivity contribution < 1.29 is 23.1 Å². The van der Waals surface area contributed by atoms with Gasteiger partial charge in [0.25, 0.3) is 0 Å². The zero-order chi connectivity index (χ0) is 16.2. The maximum atomic E-state index is 12.3. The summed E-state index contributed by atoms with van der Waals surface area (Å²) in [6.07, 6.45) is -4.72. The summed E-state index contributed by atoms with van der Waals surface area (Å²) >= 11 is 1.62. The molecule has 3 N–H and O–H groups in total. The van der Waals surface area contributed by atoms with Crippen LogP contribution in [0.1, 0.15) is 12.0 Å². The first-order valence-corrected chi connectivity index (χ1v) is 7.92. The monoisotopic (exact) mass is 334 g/mol. The second-order valence-electron chi connectivity index (χ2n) is 5.33. The van der Waals surface area contributed by atoms with Crippen molar-refractivity contribution in [2.45, 2.75) is 24.6 Å². The number of amides is 2. The topological polar surface area (TPSA) is 61.4 Å². The van der Waals surface area contributed by atoms with E-state index in [0.29, 0.717) is 12.2 Å². The van der Waals surface area contributed by atoms with Crippen LogP contribution >= 0.6 is 11.8 Å². The number of halogens is 3. The van der Waals surface area contributed by atoms with E-state index in [1.165, 1.54) is 24.3 Å². The fraction of sp³-hybridized carbons (Fsp3) is 0.500. The number of carbonyl (C=O) groups excluding carboxylic acids is 1. The highest BCUT2D eigenvalue weighted by molar-refractivity contribution is 7.99. The summed E-state index contributed by atoms with van der Waals surface area (Å²) in [5.41, 5.74) is -0.539. The molecule has 1 aromatic carbocycles. The Morgan fingerprint density at radius 1 is 1.41 bits per heavy atom. The van der Waals surface area contributed by atoms with Crippen molar-refractivity contribution in [3.63, 3.8) is 0 Å². The van der Waals surface area contributed by atoms with Gasteiger partial charge in [0.05, 0.1) is 12.0 Å². The molecule has 22 heavy (non-hydrogen) atoms. The minimum atomic E-state index is -4.29. The molecule has 0 saturated carbocycles. The number of aliphatic hydroxyl groups is 1. The lowest BCUT2D eigenvalue weighted by atomic mass is 10.0. The van der Waals surface area contributed by atoms with Crippen molar-refractivity contribution in [1.82, 2.24) is 5.32 Å². The van der Waals surface area contributed by atoms with Gasteiger partial charge in [-0.15, -0.1) is 0 Å². The van der Waals surface area contributed by atoms with Gasteiger partial charge in [0.15, 0.2) is 0 Å². The third-order valence-electron chi connectivity index (χ3n) is 3.25. The van der Waals surface area contributed by atoms with Gasteiger partial charge in [-0.1, -0.05) is 12.1 Å². The van der Waals surface area contributed by atoms with Gasteiger partial charge in [-0.2, -0.15) is 24.9 Å². The third kappa shape index (κ3) is 5.42. The number of thioether (sulfide) groups is 1. The Kier molecular flexibility index (Phi) is 5.23. The second-order valence-corrected chi connectivity index (χ2v) is 6.43. The summed E-state index contributed by atoms with van der Waals surface area (Å²) in [6.45, 7) is 0.119. The van der Waals surface area contributed by atoms with Crippen molar-refractivity contribution in [2.75, 3.05) is 23.4 Å². The van der Waals surface area contributed by atoms with Crippen LogP contribution in [0.4, 0.5) is 23.7 Å². The lowest BCUT2D eigenvalue weighted by molar-refractivity contribution is -0.127. The van der Waals surface area contributed by atoms with Gasteiger partial charge in [0.1, 0.15) is 0 Å². The summed E-state index contributed by atoms with van der Waals surface area (Å²) in [6, 6.07) is 5.06. The van der Waals surface area contributed by atoms with Gasteiger partial charge in [-0.3, -0.25) is 0 Å². The lowest BCUT2D eigenvalue weighted by Crippen LogP contribution is -2.44. The Hall–Kier alpha value is -1.41. The molecule has 0 aromatic heterocycles. The number of anilines is 1. The summed E-state index contributed by atoms with van der Waals surface area (Å²) in [7, 11) is 0. The molecule has 2 rings (SSSR count). The molecule has 1 atom stereocenters. The Balaban J connectivity index is 1.87. The maximum absolute atomic E-state index is 12.3. The highest BCUT2D eigenvalue weighted by Gasteiger charge is 2.32. The van der Waals surface area contributed by atoms with Crippen LogP contribution in [0.2, 0.25) is 0 Å². The van der Waals surface area contributed by atoms with Crippen molar-refractivity contribution in [1.29, 1.82) is 0 Å². The number of hydrogen-bond acceptors (Lipinski definition) is 3. The van der Waals surface area contributed by atoms with E-state index in [4.69, 9.17) is 0 Å². The van der Waals surface area contributed by atoms with Crippen molar-refractivity contribution >= 4 is 23.5 Å². The largest absolute Gasteiger partial charge is 0.393 e. The van der Waals surface area contributed by atoms with Crippen molar-refractivity contribution in [2.24, 2.45) is 0 Å². The molecule has 1 saturated heterocycles. The van der Waals surface area contributed by atoms with Gasteiger partial charge in [-0.05, 0) is 29.9 Å². The first-order valence-electron chi connectivity index (χ1n) is 6.76. The Bertz CT molecular complexity index is 531. The molecule has 2 amide bonds. The van der Waals surface area contributed by atoms with E-state index in [1.54, 1.807) is 11.8 Å². The number of alkyl halides is 3. The number of nitrogens with one attached hydrogen (secondary N) is 2. The predicted octanol–water partition coefficient (Wildman–Crippen LogP) is 2.78. The minimum Gasteiger partial charge on any atom is -0.387 e. The third-order valence-corrected chi connectivity index (χ3v) is 4.48. The molecule has 0 bridgehead atoms. The number of urea groups is 1. The van der Waals surface area contributed by atoms with E-state index in [1.807, 2.05) is 0 Å². The molecular formula is C14H17F3N2O2S. The fourth-order valence-electron chi connectivity index (χ4n) is 2.15. The molecule has 0 aliphatic carbocycles. The van der Waals surface area contributed by atoms with Crippen LogP contribution < -0.4 is 10.6 Å². The minimum absolute atomic E-state index is 0.0797. The number of rotatable bonds is 4. The number of hydrogen-bond donors (Lipinski definition) is 3. The van der Waals surface area contributed by atoms with Crippen LogP contribution in [0.25, 0.3) is 0 Å². The Morgan fingerprint density at radius 3 is 2.82 bits per heavy atom. The van der Waals surface area contributed by atoms with Crippen LogP contribution in [0.3, 0.4) is 0 Å². The molecule has 8 heteroatoms. The van der Waals surface area contributed by atoms with Crippen molar-refractivity contribution in [3.8, 4) is 0 Å². The average Bonchev–Trinajstić information content (AvgIpc) is 2.82. The number of benzene rings is 1. The molecule has 1 aromatic rings. The summed E-state index contributed by atoms with van der Waals surface area (Å²) in [5, 5.41) is 15.1. The first kappa shape index (κ1) is 17.0. The second kappa shape index (κ2) is 6.78. The maximum Gasteiger partial charge on any atom is 0.393 e. The standard InChI is InChI=1S/C14H17F3N2O2S/c15-14(16,17)7-10-2-1-3-11(6-10)19-12(20)18-8-13(21)4-5-22-9-13/h1-3,6,21H,4-5,7-9H2,(H2,18,19,20). The van der Waals surface area contributed by atoms with E-state index in [0.717, 1.165) is 5.75 Å². The molecule has 1 aliphatic heterocycles. The fourth-order valence-corrected chi connectivity index (χ4v) is 3.44. The average molecular weight is 334 g/mol. The molecule has 0 spiro atoms. The zero-order valence-electron chi connectivity index (χ0n) is 11.7. The highest BCUT2D eigenvalue weighted by Crippen LogP contribution is 2.27. The summed E-state index contributed by atoms with van der Waals surface area (Å²) in [5.74, 6) is 1.41. The van der Waals surface area contributed by atoms with E-state index < -0.39 is 24.2 Å². The van der Waals surface area contributed by atoms with E-state index in [2.05, 4.69) is 10.6 Å². The van der Waals surface area contributed by atoms with Crippen LogP contribution in [-0.4, -0.2) is 41.0 Å².